The first-order valence-corrected chi connectivity index (χ1v) is 10.3. The lowest BCUT2D eigenvalue weighted by molar-refractivity contribution is -0.131. The minimum absolute atomic E-state index is 0.0210. The summed E-state index contributed by atoms with van der Waals surface area (Å²) in [6.45, 7) is 8.67. The number of nitrogens with zero attached hydrogens (tertiary/aromatic N) is 6. The number of rotatable bonds is 4. The molecule has 2 amide bonds. The molecular formula is C20H26N6O3. The van der Waals surface area contributed by atoms with Gasteiger partial charge in [-0.05, 0) is 33.6 Å². The average molecular weight is 398 g/mol. The number of hydrogen-bond donors (Lipinski definition) is 0. The van der Waals surface area contributed by atoms with E-state index in [1.807, 2.05) is 28.3 Å². The SMILES string of the molecule is CCn1ncc(C(=O)N2C[C@H]3CN(C(=O)C4CC4)C[C@@]3(c3nc(C)no3)C2)c1C. The van der Waals surface area contributed by atoms with Crippen molar-refractivity contribution in [1.29, 1.82) is 0 Å². The van der Waals surface area contributed by atoms with Gasteiger partial charge >= 0.3 is 0 Å². The summed E-state index contributed by atoms with van der Waals surface area (Å²) in [5, 5.41) is 8.30. The summed E-state index contributed by atoms with van der Waals surface area (Å²) in [5.74, 6) is 1.60. The molecule has 0 bridgehead atoms. The van der Waals surface area contributed by atoms with E-state index in [0.29, 0.717) is 43.5 Å². The maximum Gasteiger partial charge on any atom is 0.257 e. The van der Waals surface area contributed by atoms with E-state index in [9.17, 15) is 9.59 Å². The highest BCUT2D eigenvalue weighted by Crippen LogP contribution is 2.46. The summed E-state index contributed by atoms with van der Waals surface area (Å²) in [6.07, 6.45) is 3.62. The van der Waals surface area contributed by atoms with Crippen LogP contribution < -0.4 is 0 Å². The number of aromatic nitrogens is 4. The van der Waals surface area contributed by atoms with Gasteiger partial charge in [0.2, 0.25) is 11.8 Å². The first-order valence-electron chi connectivity index (χ1n) is 10.3. The van der Waals surface area contributed by atoms with Crippen molar-refractivity contribution in [2.75, 3.05) is 26.2 Å². The van der Waals surface area contributed by atoms with Crippen LogP contribution in [0.1, 0.15) is 47.5 Å². The fourth-order valence-electron chi connectivity index (χ4n) is 4.92. The van der Waals surface area contributed by atoms with Crippen LogP contribution in [0.3, 0.4) is 0 Å². The standard InChI is InChI=1S/C20H26N6O3/c1-4-26-12(2)16(7-21-26)18(28)25-9-15-8-24(17(27)14-5-6-14)10-20(15,11-25)19-22-13(3)23-29-19/h7,14-15H,4-6,8-11H2,1-3H3/t15-,20-/m1/s1. The number of amides is 2. The molecule has 3 aliphatic rings. The molecule has 9 heteroatoms. The average Bonchev–Trinajstić information content (AvgIpc) is 3.00. The van der Waals surface area contributed by atoms with E-state index in [-0.39, 0.29) is 23.7 Å². The van der Waals surface area contributed by atoms with Gasteiger partial charge in [-0.1, -0.05) is 5.16 Å². The Morgan fingerprint density at radius 2 is 1.93 bits per heavy atom. The number of likely N-dealkylation sites (tertiary alicyclic amines) is 2. The number of carbonyl (C=O) groups excluding carboxylic acids is 2. The summed E-state index contributed by atoms with van der Waals surface area (Å²) in [5.41, 5.74) is 1.02. The van der Waals surface area contributed by atoms with Gasteiger partial charge in [0.15, 0.2) is 5.82 Å². The van der Waals surface area contributed by atoms with Crippen molar-refractivity contribution in [2.45, 2.75) is 45.6 Å². The van der Waals surface area contributed by atoms with Gasteiger partial charge in [-0.3, -0.25) is 14.3 Å². The smallest absolute Gasteiger partial charge is 0.257 e. The Hall–Kier alpha value is -2.71. The first-order chi connectivity index (χ1) is 13.9. The van der Waals surface area contributed by atoms with E-state index >= 15 is 0 Å². The monoisotopic (exact) mass is 398 g/mol. The predicted octanol–water partition coefficient (Wildman–Crippen LogP) is 1.17. The summed E-state index contributed by atoms with van der Waals surface area (Å²) in [7, 11) is 0. The molecule has 0 aromatic carbocycles. The normalized spacial score (nSPS) is 26.2. The maximum absolute atomic E-state index is 13.3. The van der Waals surface area contributed by atoms with E-state index in [1.165, 1.54) is 0 Å². The number of aryl methyl sites for hydroxylation is 2. The van der Waals surface area contributed by atoms with Crippen LogP contribution in [-0.4, -0.2) is 67.7 Å². The van der Waals surface area contributed by atoms with E-state index in [1.54, 1.807) is 13.1 Å². The number of fused-ring (bicyclic) bond motifs is 1. The molecule has 2 aromatic rings. The maximum atomic E-state index is 13.3. The molecule has 0 N–H and O–H groups in total. The summed E-state index contributed by atoms with van der Waals surface area (Å²) >= 11 is 0. The van der Waals surface area contributed by atoms with Crippen LogP contribution in [0.25, 0.3) is 0 Å². The highest BCUT2D eigenvalue weighted by Gasteiger charge is 2.59. The Bertz CT molecular complexity index is 977. The third kappa shape index (κ3) is 2.78. The molecule has 154 valence electrons. The van der Waals surface area contributed by atoms with Crippen molar-refractivity contribution >= 4 is 11.8 Å². The molecule has 0 unspecified atom stereocenters. The number of hydrogen-bond acceptors (Lipinski definition) is 6. The van der Waals surface area contributed by atoms with Crippen molar-refractivity contribution in [1.82, 2.24) is 29.7 Å². The fraction of sp³-hybridized carbons (Fsp3) is 0.650. The minimum atomic E-state index is -0.490. The van der Waals surface area contributed by atoms with Crippen LogP contribution in [0, 0.1) is 25.7 Å². The molecule has 3 fully saturated rings. The summed E-state index contributed by atoms with van der Waals surface area (Å²) in [4.78, 5) is 34.3. The zero-order chi connectivity index (χ0) is 20.3. The third-order valence-electron chi connectivity index (χ3n) is 6.72. The van der Waals surface area contributed by atoms with Crippen LogP contribution in [-0.2, 0) is 16.8 Å². The molecule has 2 atom stereocenters. The molecule has 4 heterocycles. The Morgan fingerprint density at radius 3 is 2.55 bits per heavy atom. The zero-order valence-corrected chi connectivity index (χ0v) is 17.1. The first kappa shape index (κ1) is 18.3. The second-order valence-electron chi connectivity index (χ2n) is 8.64. The van der Waals surface area contributed by atoms with E-state index < -0.39 is 5.41 Å². The van der Waals surface area contributed by atoms with Crippen LogP contribution in [0.2, 0.25) is 0 Å². The fourth-order valence-corrected chi connectivity index (χ4v) is 4.92. The molecule has 0 spiro atoms. The van der Waals surface area contributed by atoms with Gasteiger partial charge in [0, 0.05) is 50.3 Å². The van der Waals surface area contributed by atoms with Crippen LogP contribution in [0.15, 0.2) is 10.7 Å². The Balaban J connectivity index is 1.44. The lowest BCUT2D eigenvalue weighted by Gasteiger charge is -2.26. The quantitative estimate of drug-likeness (QED) is 0.767. The summed E-state index contributed by atoms with van der Waals surface area (Å²) in [6, 6.07) is 0. The molecular weight excluding hydrogens is 372 g/mol. The molecule has 2 aromatic heterocycles. The van der Waals surface area contributed by atoms with Crippen molar-refractivity contribution in [3.8, 4) is 0 Å². The molecule has 2 saturated heterocycles. The predicted molar refractivity (Wildman–Crippen MR) is 102 cm³/mol. The Morgan fingerprint density at radius 1 is 1.21 bits per heavy atom. The Kier molecular flexibility index (Phi) is 4.04. The molecule has 1 aliphatic carbocycles. The highest BCUT2D eigenvalue weighted by atomic mass is 16.5. The lowest BCUT2D eigenvalue weighted by atomic mass is 9.81. The molecule has 0 radical (unpaired) electrons. The van der Waals surface area contributed by atoms with Crippen LogP contribution in [0.4, 0.5) is 0 Å². The second-order valence-corrected chi connectivity index (χ2v) is 8.64. The van der Waals surface area contributed by atoms with Gasteiger partial charge in [0.25, 0.3) is 5.91 Å². The molecule has 1 saturated carbocycles. The van der Waals surface area contributed by atoms with Crippen molar-refractivity contribution in [2.24, 2.45) is 11.8 Å². The van der Waals surface area contributed by atoms with Gasteiger partial charge in [-0.15, -0.1) is 0 Å². The second kappa shape index (κ2) is 6.40. The number of carbonyl (C=O) groups is 2. The van der Waals surface area contributed by atoms with Gasteiger partial charge in [-0.25, -0.2) is 0 Å². The highest BCUT2D eigenvalue weighted by molar-refractivity contribution is 5.95. The largest absolute Gasteiger partial charge is 0.341 e. The molecule has 2 aliphatic heterocycles. The summed E-state index contributed by atoms with van der Waals surface area (Å²) < 4.78 is 7.41. The molecule has 5 rings (SSSR count). The lowest BCUT2D eigenvalue weighted by Crippen LogP contribution is -2.41. The molecule has 9 nitrogen and oxygen atoms in total. The third-order valence-corrected chi connectivity index (χ3v) is 6.72. The Labute approximate surface area is 169 Å². The zero-order valence-electron chi connectivity index (χ0n) is 17.1. The molecule has 29 heavy (non-hydrogen) atoms. The van der Waals surface area contributed by atoms with Gasteiger partial charge in [0.1, 0.15) is 0 Å². The van der Waals surface area contributed by atoms with Gasteiger partial charge < -0.3 is 14.3 Å². The van der Waals surface area contributed by atoms with Crippen molar-refractivity contribution in [3.63, 3.8) is 0 Å². The van der Waals surface area contributed by atoms with Crippen molar-refractivity contribution < 1.29 is 14.1 Å². The van der Waals surface area contributed by atoms with Crippen LogP contribution >= 0.6 is 0 Å². The van der Waals surface area contributed by atoms with Crippen LogP contribution in [0.5, 0.6) is 0 Å². The topological polar surface area (TPSA) is 97.4 Å². The van der Waals surface area contributed by atoms with E-state index in [2.05, 4.69) is 15.2 Å². The van der Waals surface area contributed by atoms with Gasteiger partial charge in [0.05, 0.1) is 17.2 Å². The minimum Gasteiger partial charge on any atom is -0.341 e. The van der Waals surface area contributed by atoms with Crippen molar-refractivity contribution in [3.05, 3.63) is 29.2 Å². The van der Waals surface area contributed by atoms with E-state index in [4.69, 9.17) is 4.52 Å². The van der Waals surface area contributed by atoms with E-state index in [0.717, 1.165) is 25.1 Å². The van der Waals surface area contributed by atoms with Gasteiger partial charge in [-0.2, -0.15) is 10.1 Å².